The van der Waals surface area contributed by atoms with Gasteiger partial charge in [0.1, 0.15) is 0 Å². The van der Waals surface area contributed by atoms with Crippen LogP contribution in [0.1, 0.15) is 16.8 Å². The first-order chi connectivity index (χ1) is 16.7. The molecule has 1 aromatic carbocycles. The fraction of sp³-hybridized carbons (Fsp3) is 0.130. The molecule has 0 fully saturated rings. The molecular weight excluding hydrogens is 438 g/mol. The van der Waals surface area contributed by atoms with Gasteiger partial charge in [-0.05, 0) is 36.4 Å². The number of pyridine rings is 2. The van der Waals surface area contributed by atoms with Crippen molar-refractivity contribution in [2.24, 2.45) is 0 Å². The Bertz CT molecular complexity index is 1610. The van der Waals surface area contributed by atoms with Gasteiger partial charge in [0.05, 0.1) is 24.1 Å². The summed E-state index contributed by atoms with van der Waals surface area (Å²) >= 11 is 0. The average molecular weight is 455 g/mol. The second-order valence-corrected chi connectivity index (χ2v) is 7.58. The summed E-state index contributed by atoms with van der Waals surface area (Å²) in [7, 11) is 0. The molecule has 0 saturated heterocycles. The molecule has 6 rings (SSSR count). The predicted octanol–water partition coefficient (Wildman–Crippen LogP) is 2.05. The molecular formula is C23H17N7O4. The summed E-state index contributed by atoms with van der Waals surface area (Å²) in [5, 5.41) is 4.84. The van der Waals surface area contributed by atoms with E-state index >= 15 is 0 Å². The molecule has 0 atom stereocenters. The second-order valence-electron chi connectivity index (χ2n) is 7.58. The number of nitrogens with one attached hydrogen (secondary N) is 1. The van der Waals surface area contributed by atoms with Crippen LogP contribution >= 0.6 is 0 Å². The van der Waals surface area contributed by atoms with Crippen molar-refractivity contribution in [3.63, 3.8) is 0 Å². The Kier molecular flexibility index (Phi) is 4.65. The van der Waals surface area contributed by atoms with Crippen LogP contribution in [0, 0.1) is 0 Å². The van der Waals surface area contributed by atoms with Crippen LogP contribution in [0.5, 0.6) is 11.5 Å². The zero-order valence-electron chi connectivity index (χ0n) is 17.7. The number of hydrogen-bond acceptors (Lipinski definition) is 8. The minimum Gasteiger partial charge on any atom is -0.490 e. The quantitative estimate of drug-likeness (QED) is 0.438. The molecule has 0 aliphatic carbocycles. The average Bonchev–Trinajstić information content (AvgIpc) is 3.17. The van der Waals surface area contributed by atoms with E-state index in [9.17, 15) is 9.59 Å². The van der Waals surface area contributed by atoms with Crippen LogP contribution in [-0.2, 0) is 0 Å². The number of carbonyl (C=O) groups excluding carboxylic acids is 1. The van der Waals surface area contributed by atoms with Crippen molar-refractivity contribution in [2.45, 2.75) is 6.42 Å². The van der Waals surface area contributed by atoms with Gasteiger partial charge in [-0.25, -0.2) is 9.66 Å². The van der Waals surface area contributed by atoms with E-state index in [-0.39, 0.29) is 5.39 Å². The molecule has 0 saturated carbocycles. The standard InChI is InChI=1S/C23H17N7O4/c31-21(14-4-7-24-8-5-14)28-29-9-6-17-16(22(29)32)13-25-23-26-20(27-30(17)23)15-2-3-18-19(12-15)34-11-1-10-33-18/h2-9,12-13H,1,10-11H2,(H,28,31). The number of amides is 1. The molecule has 0 unspecified atom stereocenters. The molecule has 5 aromatic rings. The fourth-order valence-corrected chi connectivity index (χ4v) is 3.71. The Morgan fingerprint density at radius 3 is 2.71 bits per heavy atom. The van der Waals surface area contributed by atoms with Crippen LogP contribution in [0.25, 0.3) is 28.1 Å². The van der Waals surface area contributed by atoms with E-state index in [1.807, 2.05) is 18.2 Å². The van der Waals surface area contributed by atoms with Crippen molar-refractivity contribution >= 4 is 22.6 Å². The van der Waals surface area contributed by atoms with Crippen LogP contribution in [0.15, 0.2) is 66.0 Å². The number of ether oxygens (including phenoxy) is 2. The Balaban J connectivity index is 1.38. The Morgan fingerprint density at radius 2 is 1.85 bits per heavy atom. The van der Waals surface area contributed by atoms with E-state index in [0.29, 0.717) is 47.4 Å². The van der Waals surface area contributed by atoms with Crippen LogP contribution in [0.3, 0.4) is 0 Å². The molecule has 11 nitrogen and oxygen atoms in total. The van der Waals surface area contributed by atoms with Crippen LogP contribution in [0.2, 0.25) is 0 Å². The highest BCUT2D eigenvalue weighted by molar-refractivity contribution is 5.99. The third kappa shape index (κ3) is 3.39. The van der Waals surface area contributed by atoms with Gasteiger partial charge in [0.2, 0.25) is 0 Å². The minimum atomic E-state index is -0.443. The first kappa shape index (κ1) is 19.9. The maximum atomic E-state index is 13.0. The van der Waals surface area contributed by atoms with Crippen LogP contribution in [-0.4, -0.2) is 48.4 Å². The second kappa shape index (κ2) is 7.96. The predicted molar refractivity (Wildman–Crippen MR) is 122 cm³/mol. The lowest BCUT2D eigenvalue weighted by Gasteiger charge is -2.09. The summed E-state index contributed by atoms with van der Waals surface area (Å²) < 4.78 is 14.1. The Morgan fingerprint density at radius 1 is 1.03 bits per heavy atom. The van der Waals surface area contributed by atoms with Gasteiger partial charge in [0.15, 0.2) is 17.3 Å². The smallest absolute Gasteiger partial charge is 0.280 e. The maximum Gasteiger partial charge on any atom is 0.280 e. The van der Waals surface area contributed by atoms with Crippen LogP contribution in [0.4, 0.5) is 0 Å². The number of rotatable bonds is 3. The molecule has 4 aromatic heterocycles. The normalized spacial score (nSPS) is 13.1. The van der Waals surface area contributed by atoms with E-state index in [1.165, 1.54) is 29.3 Å². The third-order valence-corrected chi connectivity index (χ3v) is 5.40. The van der Waals surface area contributed by atoms with Crippen molar-refractivity contribution in [3.05, 3.63) is 77.1 Å². The highest BCUT2D eigenvalue weighted by Gasteiger charge is 2.16. The van der Waals surface area contributed by atoms with E-state index in [1.54, 1.807) is 18.2 Å². The monoisotopic (exact) mass is 455 g/mol. The Labute approximate surface area is 191 Å². The van der Waals surface area contributed by atoms with E-state index in [2.05, 4.69) is 25.5 Å². The van der Waals surface area contributed by atoms with Crippen LogP contribution < -0.4 is 20.5 Å². The first-order valence-corrected chi connectivity index (χ1v) is 10.6. The van der Waals surface area contributed by atoms with Crippen molar-refractivity contribution in [2.75, 3.05) is 18.6 Å². The number of aromatic nitrogens is 6. The Hall–Kier alpha value is -4.80. The molecule has 34 heavy (non-hydrogen) atoms. The van der Waals surface area contributed by atoms with E-state index in [4.69, 9.17) is 9.47 Å². The molecule has 1 aliphatic heterocycles. The van der Waals surface area contributed by atoms with Crippen molar-refractivity contribution in [1.82, 2.24) is 29.2 Å². The van der Waals surface area contributed by atoms with Gasteiger partial charge in [-0.3, -0.25) is 20.0 Å². The summed E-state index contributed by atoms with van der Waals surface area (Å²) in [6.07, 6.45) is 6.72. The number of benzene rings is 1. The lowest BCUT2D eigenvalue weighted by Crippen LogP contribution is -2.33. The zero-order chi connectivity index (χ0) is 23.1. The largest absolute Gasteiger partial charge is 0.490 e. The topological polar surface area (TPSA) is 126 Å². The summed E-state index contributed by atoms with van der Waals surface area (Å²) in [5.74, 6) is 1.66. The van der Waals surface area contributed by atoms with E-state index < -0.39 is 11.5 Å². The summed E-state index contributed by atoms with van der Waals surface area (Å²) in [4.78, 5) is 38.1. The van der Waals surface area contributed by atoms with Crippen molar-refractivity contribution in [1.29, 1.82) is 0 Å². The van der Waals surface area contributed by atoms with E-state index in [0.717, 1.165) is 16.7 Å². The van der Waals surface area contributed by atoms with Gasteiger partial charge in [-0.15, -0.1) is 5.10 Å². The highest BCUT2D eigenvalue weighted by atomic mass is 16.5. The van der Waals surface area contributed by atoms with Gasteiger partial charge in [-0.2, -0.15) is 9.50 Å². The maximum absolute atomic E-state index is 13.0. The molecule has 0 bridgehead atoms. The first-order valence-electron chi connectivity index (χ1n) is 10.6. The van der Waals surface area contributed by atoms with Gasteiger partial charge in [-0.1, -0.05) is 0 Å². The molecule has 11 heteroatoms. The third-order valence-electron chi connectivity index (χ3n) is 5.40. The van der Waals surface area contributed by atoms with Crippen molar-refractivity contribution < 1.29 is 14.3 Å². The molecule has 1 amide bonds. The number of carbonyl (C=O) groups is 1. The number of hydrogen-bond donors (Lipinski definition) is 1. The fourth-order valence-electron chi connectivity index (χ4n) is 3.71. The molecule has 1 N–H and O–H groups in total. The van der Waals surface area contributed by atoms with Crippen molar-refractivity contribution in [3.8, 4) is 22.9 Å². The van der Waals surface area contributed by atoms with Gasteiger partial charge in [0, 0.05) is 42.3 Å². The SMILES string of the molecule is O=C(Nn1ccc2c(cnc3nc(-c4ccc5c(c4)OCCCO5)nn32)c1=O)c1ccncc1. The molecule has 5 heterocycles. The van der Waals surface area contributed by atoms with Gasteiger partial charge >= 0.3 is 0 Å². The lowest BCUT2D eigenvalue weighted by molar-refractivity contribution is 0.101. The minimum absolute atomic E-state index is 0.278. The number of fused-ring (bicyclic) bond motifs is 4. The molecule has 0 radical (unpaired) electrons. The lowest BCUT2D eigenvalue weighted by atomic mass is 10.2. The molecule has 1 aliphatic rings. The van der Waals surface area contributed by atoms with Gasteiger partial charge < -0.3 is 9.47 Å². The number of nitrogens with zero attached hydrogens (tertiary/aromatic N) is 6. The molecule has 0 spiro atoms. The summed E-state index contributed by atoms with van der Waals surface area (Å²) in [6, 6.07) is 10.3. The highest BCUT2D eigenvalue weighted by Crippen LogP contribution is 2.33. The van der Waals surface area contributed by atoms with Gasteiger partial charge in [0.25, 0.3) is 17.2 Å². The zero-order valence-corrected chi connectivity index (χ0v) is 17.7. The summed E-state index contributed by atoms with van der Waals surface area (Å²) in [5.41, 5.74) is 3.76. The summed E-state index contributed by atoms with van der Waals surface area (Å²) in [6.45, 7) is 1.18. The molecule has 168 valence electrons.